The molecule has 0 radical (unpaired) electrons. The van der Waals surface area contributed by atoms with Crippen LogP contribution in [0.4, 0.5) is 0 Å². The molecule has 1 saturated heterocycles. The van der Waals surface area contributed by atoms with Crippen LogP contribution in [0.2, 0.25) is 0 Å². The fraction of sp³-hybridized carbons (Fsp3) is 0.857. The number of halogens is 1. The predicted octanol–water partition coefficient (Wildman–Crippen LogP) is 1.27. The zero-order valence-electron chi connectivity index (χ0n) is 7.03. The van der Waals surface area contributed by atoms with E-state index in [0.717, 1.165) is 24.3 Å². The number of thioether (sulfide) groups is 1. The molecule has 0 aliphatic carbocycles. The highest BCUT2D eigenvalue weighted by molar-refractivity contribution is 8.14. The molecule has 3 nitrogen and oxygen atoms in total. The van der Waals surface area contributed by atoms with E-state index in [1.54, 1.807) is 11.8 Å². The Bertz CT molecular complexity index is 280. The van der Waals surface area contributed by atoms with Crippen LogP contribution < -0.4 is 0 Å². The van der Waals surface area contributed by atoms with Gasteiger partial charge in [-0.25, -0.2) is 8.42 Å². The minimum Gasteiger partial charge on any atom is -0.298 e. The number of Topliss-reactive ketones (excluding diaryl/α,β-unsaturated/α-hetero) is 1. The van der Waals surface area contributed by atoms with Crippen molar-refractivity contribution in [2.45, 2.75) is 12.8 Å². The zero-order valence-corrected chi connectivity index (χ0v) is 9.42. The maximum absolute atomic E-state index is 11.3. The molecule has 0 aromatic heterocycles. The van der Waals surface area contributed by atoms with Crippen molar-refractivity contribution >= 4 is 37.3 Å². The second-order valence-corrected chi connectivity index (χ2v) is 7.04. The molecule has 6 heteroatoms. The standard InChI is InChI=1S/C7H11ClO3S2/c8-13(10,11)5-7(9)6-1-3-12-4-2-6/h6H,1-5H2. The SMILES string of the molecule is O=C(CS(=O)(=O)Cl)C1CCSCC1. The smallest absolute Gasteiger partial charge is 0.239 e. The number of ketones is 1. The molecule has 1 aliphatic heterocycles. The highest BCUT2D eigenvalue weighted by Crippen LogP contribution is 2.24. The van der Waals surface area contributed by atoms with E-state index in [1.807, 2.05) is 0 Å². The average Bonchev–Trinajstić information content (AvgIpc) is 2.03. The first-order valence-electron chi connectivity index (χ1n) is 4.02. The molecule has 0 N–H and O–H groups in total. The van der Waals surface area contributed by atoms with E-state index in [9.17, 15) is 13.2 Å². The Kier molecular flexibility index (Phi) is 4.06. The van der Waals surface area contributed by atoms with Crippen molar-refractivity contribution in [3.63, 3.8) is 0 Å². The molecule has 0 aromatic rings. The summed E-state index contributed by atoms with van der Waals surface area (Å²) in [6.07, 6.45) is 1.58. The molecule has 0 bridgehead atoms. The van der Waals surface area contributed by atoms with Gasteiger partial charge in [-0.15, -0.1) is 0 Å². The van der Waals surface area contributed by atoms with Crippen LogP contribution in [0.15, 0.2) is 0 Å². The lowest BCUT2D eigenvalue weighted by molar-refractivity contribution is -0.120. The predicted molar refractivity (Wildman–Crippen MR) is 54.7 cm³/mol. The summed E-state index contributed by atoms with van der Waals surface area (Å²) >= 11 is 1.80. The van der Waals surface area contributed by atoms with Gasteiger partial charge >= 0.3 is 0 Å². The molecule has 13 heavy (non-hydrogen) atoms. The van der Waals surface area contributed by atoms with Gasteiger partial charge in [0.05, 0.1) is 0 Å². The highest BCUT2D eigenvalue weighted by atomic mass is 35.7. The van der Waals surface area contributed by atoms with Crippen molar-refractivity contribution in [2.24, 2.45) is 5.92 Å². The molecule has 0 atom stereocenters. The van der Waals surface area contributed by atoms with E-state index >= 15 is 0 Å². The Morgan fingerprint density at radius 2 is 1.92 bits per heavy atom. The molecule has 76 valence electrons. The van der Waals surface area contributed by atoms with Crippen molar-refractivity contribution in [3.8, 4) is 0 Å². The molecule has 0 aromatic carbocycles. The average molecular weight is 243 g/mol. The monoisotopic (exact) mass is 242 g/mol. The summed E-state index contributed by atoms with van der Waals surface area (Å²) in [5.74, 6) is 1.06. The lowest BCUT2D eigenvalue weighted by Gasteiger charge is -2.19. The Hall–Kier alpha value is 0.260. The molecule has 0 amide bonds. The quantitative estimate of drug-likeness (QED) is 0.700. The molecule has 0 unspecified atom stereocenters. The molecule has 1 rings (SSSR count). The van der Waals surface area contributed by atoms with Gasteiger partial charge in [-0.05, 0) is 24.3 Å². The lowest BCUT2D eigenvalue weighted by Crippen LogP contribution is -2.24. The van der Waals surface area contributed by atoms with Gasteiger partial charge in [0.25, 0.3) is 0 Å². The third-order valence-corrected chi connectivity index (χ3v) is 4.00. The van der Waals surface area contributed by atoms with Crippen molar-refractivity contribution in [2.75, 3.05) is 17.3 Å². The number of carbonyl (C=O) groups excluding carboxylic acids is 1. The summed E-state index contributed by atoms with van der Waals surface area (Å²) in [4.78, 5) is 11.3. The van der Waals surface area contributed by atoms with Crippen molar-refractivity contribution in [1.82, 2.24) is 0 Å². The maximum atomic E-state index is 11.3. The fourth-order valence-electron chi connectivity index (χ4n) is 1.31. The first kappa shape index (κ1) is 11.3. The van der Waals surface area contributed by atoms with Crippen LogP contribution in [0, 0.1) is 5.92 Å². The molecule has 0 spiro atoms. The van der Waals surface area contributed by atoms with E-state index in [4.69, 9.17) is 10.7 Å². The number of hydrogen-bond donors (Lipinski definition) is 0. The Balaban J connectivity index is 2.47. The molecular weight excluding hydrogens is 232 g/mol. The third kappa shape index (κ3) is 4.33. The van der Waals surface area contributed by atoms with E-state index in [0.29, 0.717) is 0 Å². The molecule has 1 aliphatic rings. The second-order valence-electron chi connectivity index (χ2n) is 3.04. The molecular formula is C7H11ClO3S2. The van der Waals surface area contributed by atoms with Gasteiger partial charge in [-0.2, -0.15) is 11.8 Å². The molecule has 1 heterocycles. The van der Waals surface area contributed by atoms with Gasteiger partial charge in [0.2, 0.25) is 9.05 Å². The van der Waals surface area contributed by atoms with Gasteiger partial charge in [0.15, 0.2) is 5.78 Å². The second kappa shape index (κ2) is 4.66. The number of carbonyl (C=O) groups is 1. The first-order chi connectivity index (χ1) is 5.99. The van der Waals surface area contributed by atoms with Crippen molar-refractivity contribution in [1.29, 1.82) is 0 Å². The van der Waals surface area contributed by atoms with Crippen LogP contribution in [-0.4, -0.2) is 31.5 Å². The summed E-state index contributed by atoms with van der Waals surface area (Å²) in [5.41, 5.74) is 0. The minimum atomic E-state index is -3.66. The van der Waals surface area contributed by atoms with Crippen molar-refractivity contribution in [3.05, 3.63) is 0 Å². The molecule has 0 saturated carbocycles. The lowest BCUT2D eigenvalue weighted by atomic mass is 9.99. The van der Waals surface area contributed by atoms with Crippen LogP contribution in [0.25, 0.3) is 0 Å². The van der Waals surface area contributed by atoms with E-state index in [-0.39, 0.29) is 11.7 Å². The summed E-state index contributed by atoms with van der Waals surface area (Å²) < 4.78 is 21.2. The summed E-state index contributed by atoms with van der Waals surface area (Å²) in [6.45, 7) is 0. The summed E-state index contributed by atoms with van der Waals surface area (Å²) in [6, 6.07) is 0. The van der Waals surface area contributed by atoms with Crippen molar-refractivity contribution < 1.29 is 13.2 Å². The molecule has 1 fully saturated rings. The van der Waals surface area contributed by atoms with E-state index in [1.165, 1.54) is 0 Å². The topological polar surface area (TPSA) is 51.2 Å². The Morgan fingerprint density at radius 3 is 2.38 bits per heavy atom. The minimum absolute atomic E-state index is 0.0882. The van der Waals surface area contributed by atoms with Gasteiger partial charge in [-0.1, -0.05) is 0 Å². The first-order valence-corrected chi connectivity index (χ1v) is 7.65. The number of hydrogen-bond acceptors (Lipinski definition) is 4. The van der Waals surface area contributed by atoms with Crippen LogP contribution >= 0.6 is 22.4 Å². The van der Waals surface area contributed by atoms with Gasteiger partial charge in [0, 0.05) is 16.6 Å². The zero-order chi connectivity index (χ0) is 9.90. The fourth-order valence-corrected chi connectivity index (χ4v) is 3.31. The van der Waals surface area contributed by atoms with Crippen LogP contribution in [0.5, 0.6) is 0 Å². The van der Waals surface area contributed by atoms with Crippen LogP contribution in [0.1, 0.15) is 12.8 Å². The van der Waals surface area contributed by atoms with Crippen LogP contribution in [0.3, 0.4) is 0 Å². The normalized spacial score (nSPS) is 20.1. The third-order valence-electron chi connectivity index (χ3n) is 1.99. The summed E-state index contributed by atoms with van der Waals surface area (Å²) in [5, 5.41) is 0. The van der Waals surface area contributed by atoms with Gasteiger partial charge in [-0.3, -0.25) is 4.79 Å². The number of rotatable bonds is 3. The largest absolute Gasteiger partial charge is 0.298 e. The Labute approximate surface area is 86.6 Å². The van der Waals surface area contributed by atoms with Crippen LogP contribution in [-0.2, 0) is 13.8 Å². The van der Waals surface area contributed by atoms with E-state index < -0.39 is 14.8 Å². The Morgan fingerprint density at radius 1 is 1.38 bits per heavy atom. The highest BCUT2D eigenvalue weighted by Gasteiger charge is 2.24. The van der Waals surface area contributed by atoms with E-state index in [2.05, 4.69) is 0 Å². The van der Waals surface area contributed by atoms with Gasteiger partial charge < -0.3 is 0 Å². The summed E-state index contributed by atoms with van der Waals surface area (Å²) in [7, 11) is 1.34. The maximum Gasteiger partial charge on any atom is 0.239 e. The van der Waals surface area contributed by atoms with Gasteiger partial charge in [0.1, 0.15) is 5.75 Å².